The Morgan fingerprint density at radius 3 is 2.33 bits per heavy atom. The van der Waals surface area contributed by atoms with Crippen LogP contribution < -0.4 is 0 Å². The Hall–Kier alpha value is -0.570. The first-order valence-corrected chi connectivity index (χ1v) is 5.73. The van der Waals surface area contributed by atoms with Gasteiger partial charge in [-0.25, -0.2) is 0 Å². The molecule has 86 valence electrons. The highest BCUT2D eigenvalue weighted by atomic mass is 16.4. The zero-order valence-corrected chi connectivity index (χ0v) is 10.4. The van der Waals surface area contributed by atoms with Crippen LogP contribution in [0, 0.1) is 17.3 Å². The van der Waals surface area contributed by atoms with Gasteiger partial charge in [0.15, 0.2) is 0 Å². The molecule has 2 saturated carbocycles. The Kier molecular flexibility index (Phi) is 2.16. The molecule has 0 amide bonds. The highest BCUT2D eigenvalue weighted by Crippen LogP contribution is 2.66. The number of hydrogen-bond acceptors (Lipinski definition) is 3. The van der Waals surface area contributed by atoms with Gasteiger partial charge in [0.2, 0.25) is 0 Å². The van der Waals surface area contributed by atoms with E-state index in [-0.39, 0.29) is 5.54 Å². The number of rotatable bonds is 1. The molecule has 2 aliphatic rings. The first kappa shape index (κ1) is 10.9. The van der Waals surface area contributed by atoms with E-state index in [0.717, 1.165) is 30.4 Å². The maximum absolute atomic E-state index is 9.14. The topological polar surface area (TPSA) is 35.8 Å². The number of fused-ring (bicyclic) bond motifs is 1. The molecule has 0 aromatic rings. The van der Waals surface area contributed by atoms with E-state index in [1.807, 2.05) is 0 Å². The summed E-state index contributed by atoms with van der Waals surface area (Å²) in [5, 5.41) is 12.7. The van der Waals surface area contributed by atoms with Crippen molar-refractivity contribution < 1.29 is 5.21 Å². The SMILES string of the molecule is CN(C)C1(C)CC2C(C/C1=N\O)C2(C)C. The van der Waals surface area contributed by atoms with Gasteiger partial charge in [-0.3, -0.25) is 4.90 Å². The lowest BCUT2D eigenvalue weighted by atomic mass is 9.80. The predicted molar refractivity (Wildman–Crippen MR) is 61.3 cm³/mol. The molecule has 3 unspecified atom stereocenters. The average Bonchev–Trinajstić information content (AvgIpc) is 2.66. The zero-order valence-electron chi connectivity index (χ0n) is 10.4. The van der Waals surface area contributed by atoms with E-state index in [9.17, 15) is 0 Å². The van der Waals surface area contributed by atoms with E-state index in [0.29, 0.717) is 5.41 Å². The highest BCUT2D eigenvalue weighted by Gasteiger charge is 2.63. The summed E-state index contributed by atoms with van der Waals surface area (Å²) in [6.45, 7) is 6.85. The summed E-state index contributed by atoms with van der Waals surface area (Å²) < 4.78 is 0. The minimum atomic E-state index is -0.0519. The van der Waals surface area contributed by atoms with Gasteiger partial charge in [0.05, 0.1) is 11.3 Å². The summed E-state index contributed by atoms with van der Waals surface area (Å²) in [5.74, 6) is 1.53. The fourth-order valence-corrected chi connectivity index (χ4v) is 3.23. The Bertz CT molecular complexity index is 309. The van der Waals surface area contributed by atoms with Gasteiger partial charge in [-0.05, 0) is 51.1 Å². The minimum Gasteiger partial charge on any atom is -0.411 e. The van der Waals surface area contributed by atoms with Gasteiger partial charge >= 0.3 is 0 Å². The maximum atomic E-state index is 9.14. The lowest BCUT2D eigenvalue weighted by molar-refractivity contribution is 0.197. The van der Waals surface area contributed by atoms with Crippen LogP contribution in [0.25, 0.3) is 0 Å². The van der Waals surface area contributed by atoms with Gasteiger partial charge in [0.25, 0.3) is 0 Å². The molecule has 0 spiro atoms. The average molecular weight is 210 g/mol. The van der Waals surface area contributed by atoms with Crippen molar-refractivity contribution in [2.24, 2.45) is 22.4 Å². The van der Waals surface area contributed by atoms with Gasteiger partial charge in [0, 0.05) is 0 Å². The second-order valence-corrected chi connectivity index (χ2v) is 6.16. The second-order valence-electron chi connectivity index (χ2n) is 6.16. The van der Waals surface area contributed by atoms with E-state index < -0.39 is 0 Å². The molecule has 3 nitrogen and oxygen atoms in total. The highest BCUT2D eigenvalue weighted by molar-refractivity contribution is 5.94. The van der Waals surface area contributed by atoms with E-state index in [1.165, 1.54) is 0 Å². The molecule has 15 heavy (non-hydrogen) atoms. The third kappa shape index (κ3) is 1.32. The predicted octanol–water partition coefficient (Wildman–Crippen LogP) is 2.20. The molecule has 0 aromatic heterocycles. The minimum absolute atomic E-state index is 0.0519. The van der Waals surface area contributed by atoms with E-state index >= 15 is 0 Å². The van der Waals surface area contributed by atoms with E-state index in [1.54, 1.807) is 0 Å². The van der Waals surface area contributed by atoms with Crippen LogP contribution in [-0.4, -0.2) is 35.5 Å². The molecule has 0 radical (unpaired) electrons. The van der Waals surface area contributed by atoms with Crippen molar-refractivity contribution in [3.63, 3.8) is 0 Å². The molecule has 2 rings (SSSR count). The summed E-state index contributed by atoms with van der Waals surface area (Å²) in [5.41, 5.74) is 1.35. The Balaban J connectivity index is 2.27. The molecule has 2 aliphatic carbocycles. The monoisotopic (exact) mass is 210 g/mol. The molecular weight excluding hydrogens is 188 g/mol. The van der Waals surface area contributed by atoms with Crippen molar-refractivity contribution in [2.75, 3.05) is 14.1 Å². The van der Waals surface area contributed by atoms with Crippen LogP contribution in [0.1, 0.15) is 33.6 Å². The Labute approximate surface area is 92.1 Å². The number of nitrogens with zero attached hydrogens (tertiary/aromatic N) is 2. The van der Waals surface area contributed by atoms with Gasteiger partial charge in [-0.15, -0.1) is 0 Å². The molecule has 0 aliphatic heterocycles. The van der Waals surface area contributed by atoms with E-state index in [4.69, 9.17) is 5.21 Å². The van der Waals surface area contributed by atoms with Gasteiger partial charge in [-0.2, -0.15) is 0 Å². The first-order chi connectivity index (χ1) is 6.84. The Morgan fingerprint density at radius 1 is 1.27 bits per heavy atom. The lowest BCUT2D eigenvalue weighted by Gasteiger charge is -2.39. The van der Waals surface area contributed by atoms with Crippen molar-refractivity contribution in [3.05, 3.63) is 0 Å². The molecule has 3 heteroatoms. The molecule has 1 N–H and O–H groups in total. The largest absolute Gasteiger partial charge is 0.411 e. The van der Waals surface area contributed by atoms with Crippen LogP contribution in [0.15, 0.2) is 5.16 Å². The fourth-order valence-electron chi connectivity index (χ4n) is 3.23. The first-order valence-electron chi connectivity index (χ1n) is 5.73. The summed E-state index contributed by atoms with van der Waals surface area (Å²) in [6.07, 6.45) is 2.08. The smallest absolute Gasteiger partial charge is 0.0773 e. The van der Waals surface area contributed by atoms with Crippen LogP contribution in [0.3, 0.4) is 0 Å². The van der Waals surface area contributed by atoms with Crippen molar-refractivity contribution in [1.29, 1.82) is 0 Å². The van der Waals surface area contributed by atoms with Crippen LogP contribution in [0.4, 0.5) is 0 Å². The van der Waals surface area contributed by atoms with Crippen LogP contribution in [0.2, 0.25) is 0 Å². The molecule has 0 heterocycles. The summed E-state index contributed by atoms with van der Waals surface area (Å²) in [4.78, 5) is 2.19. The van der Waals surface area contributed by atoms with Gasteiger partial charge in [-0.1, -0.05) is 19.0 Å². The molecule has 0 saturated heterocycles. The zero-order chi connectivity index (χ0) is 11.4. The van der Waals surface area contributed by atoms with Crippen LogP contribution >= 0.6 is 0 Å². The van der Waals surface area contributed by atoms with Crippen LogP contribution in [0.5, 0.6) is 0 Å². The summed E-state index contributed by atoms with van der Waals surface area (Å²) in [6, 6.07) is 0. The standard InChI is InChI=1S/C12H22N2O/c1-11(2)8-6-10(13-15)12(3,14(4)5)7-9(8)11/h8-9,15H,6-7H2,1-5H3/b13-10+. The number of oxime groups is 1. The van der Waals surface area contributed by atoms with Gasteiger partial charge in [0.1, 0.15) is 0 Å². The lowest BCUT2D eigenvalue weighted by Crippen LogP contribution is -2.51. The summed E-state index contributed by atoms with van der Waals surface area (Å²) in [7, 11) is 4.14. The third-order valence-corrected chi connectivity index (χ3v) is 5.05. The third-order valence-electron chi connectivity index (χ3n) is 5.05. The van der Waals surface area contributed by atoms with Crippen molar-refractivity contribution in [2.45, 2.75) is 39.2 Å². The maximum Gasteiger partial charge on any atom is 0.0773 e. The number of hydrogen-bond donors (Lipinski definition) is 1. The second kappa shape index (κ2) is 2.97. The van der Waals surface area contributed by atoms with E-state index in [2.05, 4.69) is 44.9 Å². The van der Waals surface area contributed by atoms with Crippen LogP contribution in [-0.2, 0) is 0 Å². The molecule has 2 fully saturated rings. The van der Waals surface area contributed by atoms with Crippen molar-refractivity contribution in [1.82, 2.24) is 4.90 Å². The van der Waals surface area contributed by atoms with Crippen molar-refractivity contribution in [3.8, 4) is 0 Å². The fraction of sp³-hybridized carbons (Fsp3) is 0.917. The molecular formula is C12H22N2O. The molecule has 0 bridgehead atoms. The quantitative estimate of drug-likeness (QED) is 0.532. The normalized spacial score (nSPS) is 45.6. The van der Waals surface area contributed by atoms with Gasteiger partial charge < -0.3 is 5.21 Å². The molecule has 3 atom stereocenters. The van der Waals surface area contributed by atoms with Crippen molar-refractivity contribution >= 4 is 5.71 Å². The summed E-state index contributed by atoms with van der Waals surface area (Å²) >= 11 is 0. The Morgan fingerprint density at radius 2 is 1.87 bits per heavy atom. The molecule has 0 aromatic carbocycles.